The predicted octanol–water partition coefficient (Wildman–Crippen LogP) is 5.65. The lowest BCUT2D eigenvalue weighted by Crippen LogP contribution is -2.15. The molecule has 4 rings (SSSR count). The van der Waals surface area contributed by atoms with E-state index in [2.05, 4.69) is 10.6 Å². The minimum atomic E-state index is -0.385. The molecule has 2 amide bonds. The van der Waals surface area contributed by atoms with Crippen molar-refractivity contribution in [3.63, 3.8) is 0 Å². The molecule has 0 spiro atoms. The first kappa shape index (κ1) is 22.9. The van der Waals surface area contributed by atoms with Crippen LogP contribution >= 0.6 is 11.6 Å². The second kappa shape index (κ2) is 10.1. The number of nitrogens with one attached hydrogen (secondary N) is 2. The number of carbonyl (C=O) groups is 2. The molecule has 0 aliphatic heterocycles. The predicted molar refractivity (Wildman–Crippen MR) is 133 cm³/mol. The van der Waals surface area contributed by atoms with Gasteiger partial charge in [0.1, 0.15) is 11.5 Å². The second-order valence-electron chi connectivity index (χ2n) is 7.28. The number of hydrogen-bond donors (Lipinski definition) is 2. The third-order valence-electron chi connectivity index (χ3n) is 5.16. The highest BCUT2D eigenvalue weighted by molar-refractivity contribution is 6.33. The fraction of sp³-hybridized carbons (Fsp3) is 0.0769. The fourth-order valence-corrected chi connectivity index (χ4v) is 3.69. The summed E-state index contributed by atoms with van der Waals surface area (Å²) in [5.74, 6) is 0.272. The Hall–Kier alpha value is -4.23. The van der Waals surface area contributed by atoms with E-state index in [1.807, 2.05) is 41.2 Å². The van der Waals surface area contributed by atoms with E-state index >= 15 is 0 Å². The molecule has 1 aromatic heterocycles. The van der Waals surface area contributed by atoms with E-state index in [0.717, 1.165) is 0 Å². The summed E-state index contributed by atoms with van der Waals surface area (Å²) >= 11 is 6.43. The van der Waals surface area contributed by atoms with Crippen LogP contribution in [0.2, 0.25) is 5.02 Å². The van der Waals surface area contributed by atoms with Gasteiger partial charge in [-0.15, -0.1) is 0 Å². The minimum absolute atomic E-state index is 0.293. The smallest absolute Gasteiger partial charge is 0.259 e. The summed E-state index contributed by atoms with van der Waals surface area (Å²) in [6, 6.07) is 20.7. The summed E-state index contributed by atoms with van der Waals surface area (Å²) in [4.78, 5) is 25.5. The molecule has 172 valence electrons. The average molecular weight is 476 g/mol. The summed E-state index contributed by atoms with van der Waals surface area (Å²) < 4.78 is 12.5. The molecule has 3 aromatic carbocycles. The van der Waals surface area contributed by atoms with Gasteiger partial charge in [-0.1, -0.05) is 23.7 Å². The molecule has 0 aliphatic carbocycles. The maximum atomic E-state index is 12.9. The Labute approximate surface area is 201 Å². The topological polar surface area (TPSA) is 81.6 Å². The Morgan fingerprint density at radius 3 is 2.15 bits per heavy atom. The van der Waals surface area contributed by atoms with Crippen molar-refractivity contribution in [1.29, 1.82) is 0 Å². The Morgan fingerprint density at radius 2 is 1.47 bits per heavy atom. The summed E-state index contributed by atoms with van der Waals surface area (Å²) in [6.45, 7) is 0. The molecule has 0 fully saturated rings. The molecule has 2 N–H and O–H groups in total. The number of ether oxygens (including phenoxy) is 2. The van der Waals surface area contributed by atoms with Gasteiger partial charge >= 0.3 is 0 Å². The van der Waals surface area contributed by atoms with Crippen LogP contribution in [0, 0.1) is 0 Å². The van der Waals surface area contributed by atoms with Crippen LogP contribution < -0.4 is 20.1 Å². The van der Waals surface area contributed by atoms with E-state index in [-0.39, 0.29) is 11.8 Å². The molecule has 0 bridgehead atoms. The van der Waals surface area contributed by atoms with E-state index in [4.69, 9.17) is 21.1 Å². The first-order valence-electron chi connectivity index (χ1n) is 10.4. The van der Waals surface area contributed by atoms with Gasteiger partial charge in [0.15, 0.2) is 0 Å². The molecule has 0 unspecified atom stereocenters. The number of anilines is 2. The summed E-state index contributed by atoms with van der Waals surface area (Å²) in [7, 11) is 3.04. The molecular formula is C26H22ClN3O4. The number of nitrogens with zero attached hydrogens (tertiary/aromatic N) is 1. The van der Waals surface area contributed by atoms with Gasteiger partial charge in [0, 0.05) is 29.7 Å². The zero-order valence-electron chi connectivity index (χ0n) is 18.5. The Balaban J connectivity index is 1.49. The monoisotopic (exact) mass is 475 g/mol. The molecular weight excluding hydrogens is 454 g/mol. The van der Waals surface area contributed by atoms with Crippen molar-refractivity contribution in [2.24, 2.45) is 0 Å². The quantitative estimate of drug-likeness (QED) is 0.362. The van der Waals surface area contributed by atoms with Gasteiger partial charge < -0.3 is 24.7 Å². The zero-order valence-corrected chi connectivity index (χ0v) is 19.3. The molecule has 1 heterocycles. The van der Waals surface area contributed by atoms with Crippen LogP contribution in [0.4, 0.5) is 11.4 Å². The van der Waals surface area contributed by atoms with E-state index in [9.17, 15) is 9.59 Å². The summed E-state index contributed by atoms with van der Waals surface area (Å²) in [5, 5.41) is 6.04. The number of aromatic nitrogens is 1. The maximum absolute atomic E-state index is 12.9. The van der Waals surface area contributed by atoms with Crippen LogP contribution in [0.3, 0.4) is 0 Å². The van der Waals surface area contributed by atoms with Crippen LogP contribution in [0.1, 0.15) is 20.7 Å². The largest absolute Gasteiger partial charge is 0.496 e. The third kappa shape index (κ3) is 4.89. The molecule has 34 heavy (non-hydrogen) atoms. The standard InChI is InChI=1S/C26H22ClN3O4/c1-33-23-8-4-3-7-21(23)29-25(31)17-9-11-18(12-10-17)28-26(32)19-15-20(27)22(16-24(19)34-2)30-13-5-6-14-30/h3-16H,1-2H3,(H,28,32)(H,29,31). The van der Waals surface area contributed by atoms with Crippen molar-refractivity contribution >= 4 is 34.8 Å². The van der Waals surface area contributed by atoms with Crippen LogP contribution in [0.5, 0.6) is 11.5 Å². The van der Waals surface area contributed by atoms with Gasteiger partial charge in [0.2, 0.25) is 0 Å². The van der Waals surface area contributed by atoms with Gasteiger partial charge in [-0.3, -0.25) is 9.59 Å². The Kier molecular flexibility index (Phi) is 6.85. The minimum Gasteiger partial charge on any atom is -0.496 e. The first-order valence-corrected chi connectivity index (χ1v) is 10.7. The highest BCUT2D eigenvalue weighted by Gasteiger charge is 2.17. The fourth-order valence-electron chi connectivity index (χ4n) is 3.43. The van der Waals surface area contributed by atoms with E-state index in [0.29, 0.717) is 44.7 Å². The lowest BCUT2D eigenvalue weighted by Gasteiger charge is -2.14. The SMILES string of the molecule is COc1ccccc1NC(=O)c1ccc(NC(=O)c2cc(Cl)c(-n3cccc3)cc2OC)cc1. The number of amides is 2. The van der Waals surface area contributed by atoms with Gasteiger partial charge in [-0.2, -0.15) is 0 Å². The van der Waals surface area contributed by atoms with Crippen molar-refractivity contribution < 1.29 is 19.1 Å². The normalized spacial score (nSPS) is 10.4. The summed E-state index contributed by atoms with van der Waals surface area (Å²) in [5.41, 5.74) is 2.51. The molecule has 7 nitrogen and oxygen atoms in total. The van der Waals surface area contributed by atoms with E-state index in [1.54, 1.807) is 55.6 Å². The van der Waals surface area contributed by atoms with Crippen molar-refractivity contribution in [3.05, 3.63) is 101 Å². The molecule has 8 heteroatoms. The molecule has 0 radical (unpaired) electrons. The lowest BCUT2D eigenvalue weighted by atomic mass is 10.1. The molecule has 4 aromatic rings. The molecule has 0 saturated carbocycles. The van der Waals surface area contributed by atoms with Crippen LogP contribution in [0.25, 0.3) is 5.69 Å². The Morgan fingerprint density at radius 1 is 0.794 bits per heavy atom. The molecule has 0 saturated heterocycles. The van der Waals surface area contributed by atoms with Crippen molar-refractivity contribution in [2.75, 3.05) is 24.9 Å². The Bertz CT molecular complexity index is 1320. The summed E-state index contributed by atoms with van der Waals surface area (Å²) in [6.07, 6.45) is 3.71. The number of rotatable bonds is 7. The van der Waals surface area contributed by atoms with Gasteiger partial charge in [-0.05, 0) is 54.6 Å². The van der Waals surface area contributed by atoms with Crippen molar-refractivity contribution in [2.45, 2.75) is 0 Å². The lowest BCUT2D eigenvalue weighted by molar-refractivity contribution is 0.101. The highest BCUT2D eigenvalue weighted by atomic mass is 35.5. The zero-order chi connectivity index (χ0) is 24.1. The van der Waals surface area contributed by atoms with Crippen molar-refractivity contribution in [3.8, 4) is 17.2 Å². The maximum Gasteiger partial charge on any atom is 0.259 e. The third-order valence-corrected chi connectivity index (χ3v) is 5.46. The number of para-hydroxylation sites is 2. The second-order valence-corrected chi connectivity index (χ2v) is 7.69. The number of halogens is 1. The number of benzene rings is 3. The van der Waals surface area contributed by atoms with Gasteiger partial charge in [0.25, 0.3) is 11.8 Å². The molecule has 0 atom stereocenters. The van der Waals surface area contributed by atoms with Gasteiger partial charge in [0.05, 0.1) is 36.2 Å². The van der Waals surface area contributed by atoms with Crippen molar-refractivity contribution in [1.82, 2.24) is 4.57 Å². The number of carbonyl (C=O) groups excluding carboxylic acids is 2. The number of hydrogen-bond acceptors (Lipinski definition) is 4. The van der Waals surface area contributed by atoms with Crippen LogP contribution in [-0.2, 0) is 0 Å². The van der Waals surface area contributed by atoms with Gasteiger partial charge in [-0.25, -0.2) is 0 Å². The van der Waals surface area contributed by atoms with E-state index in [1.165, 1.54) is 7.11 Å². The number of methoxy groups -OCH3 is 2. The van der Waals surface area contributed by atoms with Crippen LogP contribution in [0.15, 0.2) is 85.2 Å². The molecule has 0 aliphatic rings. The first-order chi connectivity index (χ1) is 16.5. The van der Waals surface area contributed by atoms with E-state index < -0.39 is 0 Å². The van der Waals surface area contributed by atoms with Crippen LogP contribution in [-0.4, -0.2) is 30.6 Å². The highest BCUT2D eigenvalue weighted by Crippen LogP contribution is 2.30. The average Bonchev–Trinajstić information content (AvgIpc) is 3.39.